The molecule has 0 aromatic heterocycles. The summed E-state index contributed by atoms with van der Waals surface area (Å²) in [6, 6.07) is 0. The van der Waals surface area contributed by atoms with E-state index >= 15 is 0 Å². The molecule has 0 aliphatic rings. The number of phosphoric ester groups is 2. The Morgan fingerprint density at radius 2 is 0.489 bits per heavy atom. The highest BCUT2D eigenvalue weighted by atomic mass is 31.2. The average molecular weight is 1380 g/mol. The first kappa shape index (κ1) is 92.1. The van der Waals surface area contributed by atoms with Gasteiger partial charge in [-0.25, -0.2) is 9.13 Å². The van der Waals surface area contributed by atoms with Crippen molar-refractivity contribution >= 4 is 39.5 Å². The maximum Gasteiger partial charge on any atom is 0.472 e. The molecular formula is C75H146O17P2. The monoisotopic (exact) mass is 1380 g/mol. The van der Waals surface area contributed by atoms with E-state index in [2.05, 4.69) is 48.5 Å². The van der Waals surface area contributed by atoms with E-state index in [1.165, 1.54) is 186 Å². The quantitative estimate of drug-likeness (QED) is 0.0222. The molecule has 0 fully saturated rings. The van der Waals surface area contributed by atoms with E-state index in [0.29, 0.717) is 25.7 Å². The molecule has 94 heavy (non-hydrogen) atoms. The first-order valence-corrected chi connectivity index (χ1v) is 41.8. The minimum absolute atomic E-state index is 0.103. The van der Waals surface area contributed by atoms with Crippen LogP contribution in [0.3, 0.4) is 0 Å². The number of hydrogen-bond acceptors (Lipinski definition) is 15. The van der Waals surface area contributed by atoms with Crippen molar-refractivity contribution in [2.75, 3.05) is 39.6 Å². The zero-order chi connectivity index (χ0) is 69.4. The van der Waals surface area contributed by atoms with Crippen molar-refractivity contribution in [3.05, 3.63) is 0 Å². The van der Waals surface area contributed by atoms with Gasteiger partial charge in [0.15, 0.2) is 12.2 Å². The molecule has 17 nitrogen and oxygen atoms in total. The highest BCUT2D eigenvalue weighted by molar-refractivity contribution is 7.47. The van der Waals surface area contributed by atoms with E-state index < -0.39 is 97.5 Å². The highest BCUT2D eigenvalue weighted by Gasteiger charge is 2.30. The van der Waals surface area contributed by atoms with Crippen molar-refractivity contribution in [2.24, 2.45) is 17.8 Å². The number of rotatable bonds is 73. The van der Waals surface area contributed by atoms with Gasteiger partial charge in [-0.05, 0) is 43.4 Å². The molecule has 5 atom stereocenters. The predicted octanol–water partition coefficient (Wildman–Crippen LogP) is 21.8. The molecule has 0 rings (SSSR count). The van der Waals surface area contributed by atoms with Crippen LogP contribution in [0.1, 0.15) is 382 Å². The molecule has 0 aromatic carbocycles. The van der Waals surface area contributed by atoms with Gasteiger partial charge in [-0.1, -0.05) is 331 Å². The summed E-state index contributed by atoms with van der Waals surface area (Å²) in [7, 11) is -9.90. The van der Waals surface area contributed by atoms with Gasteiger partial charge in [-0.15, -0.1) is 0 Å². The maximum atomic E-state index is 13.1. The smallest absolute Gasteiger partial charge is 0.462 e. The third kappa shape index (κ3) is 68.6. The van der Waals surface area contributed by atoms with Crippen LogP contribution in [-0.2, 0) is 65.4 Å². The molecule has 0 amide bonds. The summed E-state index contributed by atoms with van der Waals surface area (Å²) < 4.78 is 68.2. The molecule has 0 bridgehead atoms. The number of aliphatic hydroxyl groups excluding tert-OH is 1. The molecular weight excluding hydrogens is 1230 g/mol. The zero-order valence-corrected chi connectivity index (χ0v) is 63.2. The van der Waals surface area contributed by atoms with Gasteiger partial charge in [0.05, 0.1) is 26.4 Å². The number of phosphoric acid groups is 2. The zero-order valence-electron chi connectivity index (χ0n) is 61.4. The number of hydrogen-bond donors (Lipinski definition) is 3. The largest absolute Gasteiger partial charge is 0.472 e. The van der Waals surface area contributed by atoms with Crippen LogP contribution in [-0.4, -0.2) is 96.7 Å². The summed E-state index contributed by atoms with van der Waals surface area (Å²) in [6.07, 6.45) is 51.9. The minimum Gasteiger partial charge on any atom is -0.462 e. The Kier molecular flexibility index (Phi) is 64.3. The first-order chi connectivity index (χ1) is 45.2. The van der Waals surface area contributed by atoms with Gasteiger partial charge in [0, 0.05) is 25.7 Å². The predicted molar refractivity (Wildman–Crippen MR) is 381 cm³/mol. The molecule has 0 aliphatic heterocycles. The van der Waals surface area contributed by atoms with Crippen LogP contribution in [0, 0.1) is 17.8 Å². The van der Waals surface area contributed by atoms with Crippen molar-refractivity contribution in [3.8, 4) is 0 Å². The van der Waals surface area contributed by atoms with E-state index in [9.17, 15) is 43.2 Å². The lowest BCUT2D eigenvalue weighted by Gasteiger charge is -2.21. The Bertz CT molecular complexity index is 1840. The van der Waals surface area contributed by atoms with Crippen LogP contribution in [0.5, 0.6) is 0 Å². The minimum atomic E-state index is -4.96. The third-order valence-corrected chi connectivity index (χ3v) is 19.3. The molecule has 3 N–H and O–H groups in total. The summed E-state index contributed by atoms with van der Waals surface area (Å²) in [5.74, 6) is 0.208. The fraction of sp³-hybridized carbons (Fsp3) is 0.947. The summed E-state index contributed by atoms with van der Waals surface area (Å²) in [4.78, 5) is 72.4. The number of carbonyl (C=O) groups excluding carboxylic acids is 4. The van der Waals surface area contributed by atoms with Crippen molar-refractivity contribution in [1.82, 2.24) is 0 Å². The number of esters is 4. The second kappa shape index (κ2) is 65.7. The topological polar surface area (TPSA) is 237 Å². The van der Waals surface area contributed by atoms with E-state index in [1.807, 2.05) is 0 Å². The van der Waals surface area contributed by atoms with Gasteiger partial charge in [0.25, 0.3) is 0 Å². The summed E-state index contributed by atoms with van der Waals surface area (Å²) in [6.45, 7) is 11.8. The van der Waals surface area contributed by atoms with Crippen LogP contribution in [0.25, 0.3) is 0 Å². The lowest BCUT2D eigenvalue weighted by atomic mass is 10.0. The van der Waals surface area contributed by atoms with Crippen LogP contribution in [0.4, 0.5) is 0 Å². The Morgan fingerprint density at radius 1 is 0.287 bits per heavy atom. The van der Waals surface area contributed by atoms with Crippen molar-refractivity contribution < 1.29 is 80.2 Å². The lowest BCUT2D eigenvalue weighted by Crippen LogP contribution is -2.30. The standard InChI is InChI=1S/C75H146O17P2/c1-8-9-10-39-49-56-72(77)85-62-70(91-75(80)59-52-45-38-32-31-35-42-48-55-68(6)7)64-89-93(81,82)87-60-69(76)61-88-94(83,84)90-65-71(92-74(79)58-51-44-37-30-26-22-18-14-12-16-20-24-28-34-41-47-54-67(4)5)63-86-73(78)57-50-43-36-29-25-21-17-13-11-15-19-23-27-33-40-46-53-66(2)3/h66-71,76H,8-65H2,1-7H3,(H,81,82)(H,83,84)/t69-,70+,71+/m0/s1. The summed E-state index contributed by atoms with van der Waals surface area (Å²) in [5, 5.41) is 10.6. The Hall–Kier alpha value is -1.94. The van der Waals surface area contributed by atoms with E-state index in [4.69, 9.17) is 37.0 Å². The Labute approximate surface area is 575 Å². The normalized spacial score (nSPS) is 14.1. The van der Waals surface area contributed by atoms with E-state index in [-0.39, 0.29) is 25.7 Å². The second-order valence-electron chi connectivity index (χ2n) is 28.5. The summed E-state index contributed by atoms with van der Waals surface area (Å²) in [5.41, 5.74) is 0. The SMILES string of the molecule is CCCCCCCC(=O)OC[C@H](COP(=O)(O)OC[C@H](O)COP(=O)(O)OC[C@@H](COC(=O)CCCCCCCCCCCCCCCCCCC(C)C)OC(=O)CCCCCCCCCCCCCCCCCCC(C)C)OC(=O)CCCCCCCCCCC(C)C. The molecule has 0 radical (unpaired) electrons. The number of unbranched alkanes of at least 4 members (excludes halogenated alkanes) is 41. The highest BCUT2D eigenvalue weighted by Crippen LogP contribution is 2.45. The van der Waals surface area contributed by atoms with Crippen molar-refractivity contribution in [2.45, 2.75) is 401 Å². The Morgan fingerprint density at radius 3 is 0.723 bits per heavy atom. The molecule has 0 saturated carbocycles. The van der Waals surface area contributed by atoms with Crippen LogP contribution in [0.2, 0.25) is 0 Å². The second-order valence-corrected chi connectivity index (χ2v) is 31.4. The fourth-order valence-corrected chi connectivity index (χ4v) is 13.0. The van der Waals surface area contributed by atoms with E-state index in [0.717, 1.165) is 114 Å². The maximum absolute atomic E-state index is 13.1. The molecule has 0 aromatic rings. The number of carbonyl (C=O) groups is 4. The fourth-order valence-electron chi connectivity index (χ4n) is 11.4. The van der Waals surface area contributed by atoms with Gasteiger partial charge < -0.3 is 33.8 Å². The Balaban J connectivity index is 5.13. The van der Waals surface area contributed by atoms with Crippen LogP contribution in [0.15, 0.2) is 0 Å². The molecule has 19 heteroatoms. The summed E-state index contributed by atoms with van der Waals surface area (Å²) >= 11 is 0. The van der Waals surface area contributed by atoms with Gasteiger partial charge in [-0.3, -0.25) is 37.3 Å². The lowest BCUT2D eigenvalue weighted by molar-refractivity contribution is -0.161. The van der Waals surface area contributed by atoms with Crippen LogP contribution < -0.4 is 0 Å². The molecule has 0 spiro atoms. The molecule has 2 unspecified atom stereocenters. The van der Waals surface area contributed by atoms with Gasteiger partial charge in [0.2, 0.25) is 0 Å². The van der Waals surface area contributed by atoms with Crippen molar-refractivity contribution in [1.29, 1.82) is 0 Å². The van der Waals surface area contributed by atoms with Gasteiger partial charge in [0.1, 0.15) is 19.3 Å². The number of aliphatic hydroxyl groups is 1. The van der Waals surface area contributed by atoms with Gasteiger partial charge >= 0.3 is 39.5 Å². The van der Waals surface area contributed by atoms with Gasteiger partial charge in [-0.2, -0.15) is 0 Å². The molecule has 0 aliphatic carbocycles. The average Bonchev–Trinajstić information content (AvgIpc) is 1.40. The number of ether oxygens (including phenoxy) is 4. The molecule has 0 saturated heterocycles. The van der Waals surface area contributed by atoms with E-state index in [1.54, 1.807) is 0 Å². The molecule has 558 valence electrons. The van der Waals surface area contributed by atoms with Crippen molar-refractivity contribution in [3.63, 3.8) is 0 Å². The third-order valence-electron chi connectivity index (χ3n) is 17.4. The first-order valence-electron chi connectivity index (χ1n) is 38.8. The molecule has 0 heterocycles. The van der Waals surface area contributed by atoms with Crippen LogP contribution >= 0.6 is 15.6 Å².